The lowest BCUT2D eigenvalue weighted by Gasteiger charge is -2.15. The molecule has 0 heterocycles. The van der Waals surface area contributed by atoms with E-state index in [9.17, 15) is 79.4 Å². The van der Waals surface area contributed by atoms with Gasteiger partial charge in [0.15, 0.2) is 13.5 Å². The van der Waals surface area contributed by atoms with Gasteiger partial charge in [0.25, 0.3) is 0 Å². The van der Waals surface area contributed by atoms with Gasteiger partial charge in [-0.05, 0) is 20.5 Å². The van der Waals surface area contributed by atoms with E-state index in [2.05, 4.69) is 26.1 Å². The molecule has 1 atom stereocenters. The minimum absolute atomic E-state index is 0. The molecule has 0 aromatic rings. The average Bonchev–Trinajstić information content (AvgIpc) is 2.87. The molecule has 0 saturated heterocycles. The maximum absolute atomic E-state index is 12.6. The zero-order valence-electron chi connectivity index (χ0n) is 18.8. The number of halogens is 20. The molecule has 4 nitrogen and oxygen atoms in total. The van der Waals surface area contributed by atoms with E-state index in [1.165, 1.54) is 6.08 Å². The number of ether oxygens (including phenoxy) is 1. The molecule has 0 aromatic carbocycles. The summed E-state index contributed by atoms with van der Waals surface area (Å²) in [6.45, 7) is -8.17. The Bertz CT molecular complexity index is 293. The molecule has 0 aliphatic rings. The first-order valence-electron chi connectivity index (χ1n) is 7.68. The Kier molecular flexibility index (Phi) is 250. The van der Waals surface area contributed by atoms with Gasteiger partial charge in [-0.25, -0.2) is 52.7 Å². The quantitative estimate of drug-likeness (QED) is 0.193. The van der Waals surface area contributed by atoms with E-state index in [4.69, 9.17) is 9.15 Å². The summed E-state index contributed by atoms with van der Waals surface area (Å²) >= 11 is 0. The summed E-state index contributed by atoms with van der Waals surface area (Å²) in [6, 6.07) is 0. The average molecular weight is 733 g/mol. The van der Waals surface area contributed by atoms with Gasteiger partial charge in [-0.15, -0.1) is 6.58 Å². The summed E-state index contributed by atoms with van der Waals surface area (Å²) in [4.78, 5) is 7.12. The van der Waals surface area contributed by atoms with Crippen LogP contribution in [0.4, 0.5) is 88.6 Å². The first kappa shape index (κ1) is 96.8. The minimum Gasteiger partial charge on any atom is -0.314 e. The molecule has 0 amide bonds. The topological polar surface area (TPSA) is 36.9 Å². The van der Waals surface area contributed by atoms with Gasteiger partial charge in [0.2, 0.25) is 47.2 Å². The minimum atomic E-state index is -4.62. The van der Waals surface area contributed by atoms with Crippen LogP contribution in [0.3, 0.4) is 0 Å². The summed E-state index contributed by atoms with van der Waals surface area (Å²) < 4.78 is 203. The van der Waals surface area contributed by atoms with E-state index in [-0.39, 0.29) is 51.0 Å². The maximum Gasteiger partial charge on any atom is 0.416 e. The molecule has 0 fully saturated rings. The van der Waals surface area contributed by atoms with Gasteiger partial charge in [0.1, 0.15) is 0 Å². The van der Waals surface area contributed by atoms with Gasteiger partial charge in [-0.2, -0.15) is 28.0 Å². The Hall–Kier alpha value is -1.82. The smallest absolute Gasteiger partial charge is 0.314 e. The third-order valence-corrected chi connectivity index (χ3v) is 1.14. The van der Waals surface area contributed by atoms with Crippen molar-refractivity contribution in [2.24, 2.45) is 0 Å². The van der Waals surface area contributed by atoms with Crippen LogP contribution in [0, 0.1) is 0 Å². The van der Waals surface area contributed by atoms with Crippen LogP contribution in [0.15, 0.2) is 12.7 Å². The van der Waals surface area contributed by atoms with E-state index in [0.717, 1.165) is 6.92 Å². The summed E-state index contributed by atoms with van der Waals surface area (Å²) in [5, 5.41) is 0. The maximum atomic E-state index is 12.6. The number of hydrogen-bond acceptors (Lipinski definition) is 4. The Morgan fingerprint density at radius 3 is 0.750 bits per heavy atom. The molecule has 0 radical (unpaired) electrons. The second kappa shape index (κ2) is 114. The standard InChI is InChI=1S/C6H10F2O.C2H2F4.3CH2F2O.3CH2F2.6CH4.F2/c1-3-4-6(2,8)9-5-7;3-1-2(4,5)6;3*2-1-4-3;3*2-1-3;;;;;;;1-2/h3H,1,4-5H2,2H3;1H2;3*1H2;3*1H2;6*1H4;. The third kappa shape index (κ3) is 416. The Labute approximate surface area is 246 Å². The Morgan fingerprint density at radius 1 is 0.523 bits per heavy atom. The van der Waals surface area contributed by atoms with Crippen molar-refractivity contribution in [2.45, 2.75) is 69.9 Å². The second-order valence-corrected chi connectivity index (χ2v) is 3.55. The molecular formula is C20H48F20O4. The highest BCUT2D eigenvalue weighted by molar-refractivity contribution is 4.75. The number of rotatable bonds is 7. The van der Waals surface area contributed by atoms with Crippen molar-refractivity contribution in [1.29, 1.82) is 0 Å². The van der Waals surface area contributed by atoms with Crippen molar-refractivity contribution in [1.82, 2.24) is 0 Å². The second-order valence-electron chi connectivity index (χ2n) is 3.55. The normalized spacial score (nSPS) is 8.48. The highest BCUT2D eigenvalue weighted by Gasteiger charge is 2.26. The number of alkyl halides is 15. The molecule has 0 saturated carbocycles. The third-order valence-electron chi connectivity index (χ3n) is 1.14. The van der Waals surface area contributed by atoms with Crippen LogP contribution in [0.2, 0.25) is 0 Å². The predicted molar refractivity (Wildman–Crippen MR) is 132 cm³/mol. The van der Waals surface area contributed by atoms with Crippen LogP contribution in [0.1, 0.15) is 57.9 Å². The molecule has 0 rings (SSSR count). The van der Waals surface area contributed by atoms with Crippen molar-refractivity contribution >= 4 is 0 Å². The van der Waals surface area contributed by atoms with Crippen LogP contribution in [-0.4, -0.2) is 66.9 Å². The van der Waals surface area contributed by atoms with E-state index >= 15 is 0 Å². The first-order chi connectivity index (χ1) is 17.7. The largest absolute Gasteiger partial charge is 0.416 e. The van der Waals surface area contributed by atoms with E-state index in [1.54, 1.807) is 0 Å². The van der Waals surface area contributed by atoms with E-state index in [1.807, 2.05) is 0 Å². The lowest BCUT2D eigenvalue weighted by molar-refractivity contribution is -0.167. The lowest BCUT2D eigenvalue weighted by Crippen LogP contribution is -2.20. The summed E-state index contributed by atoms with van der Waals surface area (Å²) in [5.74, 6) is -1.89. The molecular weight excluding hydrogens is 684 g/mol. The van der Waals surface area contributed by atoms with Gasteiger partial charge >= 0.3 is 6.18 Å². The zero-order chi connectivity index (χ0) is 32.9. The molecule has 0 bridgehead atoms. The highest BCUT2D eigenvalue weighted by Crippen LogP contribution is 2.16. The van der Waals surface area contributed by atoms with Gasteiger partial charge in [0, 0.05) is 15.6 Å². The van der Waals surface area contributed by atoms with Gasteiger partial charge in [-0.1, -0.05) is 50.6 Å². The summed E-state index contributed by atoms with van der Waals surface area (Å²) in [7, 11) is 0. The van der Waals surface area contributed by atoms with Gasteiger partial charge < -0.3 is 4.74 Å². The molecule has 0 spiro atoms. The van der Waals surface area contributed by atoms with Crippen LogP contribution >= 0.6 is 0 Å². The number of hydrogen-bond donors (Lipinski definition) is 0. The SMILES string of the molecule is C.C.C.C.C.C.C=CCC(C)(F)OCF.FCC(F)(F)F.FCF.FCF.FCF.FCOF.FCOF.FCOF.FF. The van der Waals surface area contributed by atoms with Crippen molar-refractivity contribution in [3.05, 3.63) is 12.7 Å². The zero-order valence-corrected chi connectivity index (χ0v) is 18.8. The fourth-order valence-electron chi connectivity index (χ4n) is 0.430. The fraction of sp³-hybridized carbons (Fsp3) is 0.900. The lowest BCUT2D eigenvalue weighted by atomic mass is 10.2. The molecule has 0 aliphatic carbocycles. The van der Waals surface area contributed by atoms with Crippen molar-refractivity contribution in [3.8, 4) is 0 Å². The molecule has 292 valence electrons. The molecule has 44 heavy (non-hydrogen) atoms. The summed E-state index contributed by atoms with van der Waals surface area (Å²) in [6.07, 6.45) is -3.27. The molecule has 0 aliphatic heterocycles. The van der Waals surface area contributed by atoms with Crippen LogP contribution in [0.25, 0.3) is 0 Å². The molecule has 1 unspecified atom stereocenters. The first-order valence-corrected chi connectivity index (χ1v) is 7.68. The monoisotopic (exact) mass is 732 g/mol. The van der Waals surface area contributed by atoms with Crippen LogP contribution < -0.4 is 0 Å². The Morgan fingerprint density at radius 2 is 0.682 bits per heavy atom. The summed E-state index contributed by atoms with van der Waals surface area (Å²) in [5.41, 5.74) is 0. The van der Waals surface area contributed by atoms with Crippen molar-refractivity contribution < 1.29 is 108 Å². The van der Waals surface area contributed by atoms with Crippen LogP contribution in [-0.2, 0) is 19.6 Å². The highest BCUT2D eigenvalue weighted by atomic mass is 20.0. The fourth-order valence-corrected chi connectivity index (χ4v) is 0.430. The molecule has 24 heteroatoms. The van der Waals surface area contributed by atoms with E-state index < -0.39 is 66.9 Å². The molecule has 0 aromatic heterocycles. The molecule has 0 N–H and O–H groups in total. The van der Waals surface area contributed by atoms with Gasteiger partial charge in [0.05, 0.1) is 0 Å². The van der Waals surface area contributed by atoms with E-state index in [0.29, 0.717) is 0 Å². The van der Waals surface area contributed by atoms with Crippen molar-refractivity contribution in [2.75, 3.05) is 54.9 Å². The Balaban J connectivity index is -0.0000000168. The van der Waals surface area contributed by atoms with Crippen molar-refractivity contribution in [3.63, 3.8) is 0 Å². The van der Waals surface area contributed by atoms with Crippen LogP contribution in [0.5, 0.6) is 0 Å². The van der Waals surface area contributed by atoms with Gasteiger partial charge in [-0.3, -0.25) is 0 Å². The predicted octanol–water partition coefficient (Wildman–Crippen LogP) is 13.5.